The second-order valence-electron chi connectivity index (χ2n) is 2.20. The summed E-state index contributed by atoms with van der Waals surface area (Å²) in [4.78, 5) is 0. The molecule has 0 aromatic rings. The summed E-state index contributed by atoms with van der Waals surface area (Å²) < 4.78 is 160. The molecule has 0 heterocycles. The van der Waals surface area contributed by atoms with Crippen LogP contribution in [-0.4, -0.2) is 87.6 Å². The molecule has 0 fully saturated rings. The van der Waals surface area contributed by atoms with E-state index >= 15 is 0 Å². The largest absolute Gasteiger partial charge is 1.00 e. The summed E-state index contributed by atoms with van der Waals surface area (Å²) in [5.41, 5.74) is 0. The minimum absolute atomic E-state index is 0. The van der Waals surface area contributed by atoms with Crippen molar-refractivity contribution in [1.29, 1.82) is 0 Å². The first-order valence-corrected chi connectivity index (χ1v) is 10.4. The summed E-state index contributed by atoms with van der Waals surface area (Å²) >= 11 is 0. The second kappa shape index (κ2) is 19.3. The summed E-state index contributed by atoms with van der Waals surface area (Å²) in [5.74, 6) is 0. The third-order valence-corrected chi connectivity index (χ3v) is 0. The van der Waals surface area contributed by atoms with Crippen molar-refractivity contribution in [3.05, 3.63) is 0 Å². The van der Waals surface area contributed by atoms with Gasteiger partial charge in [0, 0.05) is 10.4 Å². The smallest absolute Gasteiger partial charge is 0.759 e. The molecule has 0 aliphatic carbocycles. The Kier molecular flexibility index (Phi) is 33.3. The molecule has 0 radical (unpaired) electrons. The van der Waals surface area contributed by atoms with E-state index in [9.17, 15) is 0 Å². The van der Waals surface area contributed by atoms with Gasteiger partial charge in [-0.1, -0.05) is 0 Å². The molecule has 27 heteroatoms. The molecule has 0 aliphatic heterocycles. The van der Waals surface area contributed by atoms with E-state index < -0.39 is 52.0 Å². The van der Waals surface area contributed by atoms with E-state index in [-0.39, 0.29) is 59.1 Å². The second-order valence-corrected chi connectivity index (χ2v) is 6.60. The standard InChI is InChI=1S/2Na.5H2O4S/c;;5*1-5(2,3)4/h;;5*(H2,1,2,3,4)/q2*+1;;;;;/p-2. The first kappa shape index (κ1) is 46.5. The molecule has 8 N–H and O–H groups in total. The van der Waals surface area contributed by atoms with Gasteiger partial charge in [0.2, 0.25) is 0 Å². The van der Waals surface area contributed by atoms with Crippen molar-refractivity contribution in [1.82, 2.24) is 0 Å². The molecule has 27 heavy (non-hydrogen) atoms. The Hall–Kier alpha value is 1.35. The number of hydrogen-bond donors (Lipinski definition) is 8. The van der Waals surface area contributed by atoms with Crippen LogP contribution in [0.2, 0.25) is 0 Å². The average Bonchev–Trinajstić information content (AvgIpc) is 1.79. The fraction of sp³-hybridized carbons (Fsp3) is 0. The Bertz CT molecular complexity index is 619. The van der Waals surface area contributed by atoms with Crippen LogP contribution in [0, 0.1) is 0 Å². The molecule has 0 aliphatic rings. The predicted octanol–water partition coefficient (Wildman–Crippen LogP) is -9.94. The Morgan fingerprint density at radius 2 is 0.370 bits per heavy atom. The van der Waals surface area contributed by atoms with Crippen LogP contribution in [0.15, 0.2) is 0 Å². The molecule has 0 unspecified atom stereocenters. The Labute approximate surface area is 196 Å². The first-order chi connectivity index (χ1) is 10.0. The first-order valence-electron chi connectivity index (χ1n) is 3.46. The van der Waals surface area contributed by atoms with Crippen molar-refractivity contribution in [3.63, 3.8) is 0 Å². The van der Waals surface area contributed by atoms with Crippen LogP contribution < -0.4 is 59.1 Å². The zero-order valence-electron chi connectivity index (χ0n) is 12.5. The van der Waals surface area contributed by atoms with Gasteiger partial charge < -0.3 is 9.11 Å². The van der Waals surface area contributed by atoms with Gasteiger partial charge in [-0.3, -0.25) is 44.8 Å². The third-order valence-electron chi connectivity index (χ3n) is 0. The topological polar surface area (TPSA) is 379 Å². The van der Waals surface area contributed by atoms with Crippen molar-refractivity contribution < 1.29 is 147 Å². The normalized spacial score (nSPS) is 10.7. The summed E-state index contributed by atoms with van der Waals surface area (Å²) in [5, 5.41) is 0. The van der Waals surface area contributed by atoms with Gasteiger partial charge in [0.25, 0.3) is 0 Å². The van der Waals surface area contributed by atoms with Gasteiger partial charge in [0.1, 0.15) is 0 Å². The van der Waals surface area contributed by atoms with Crippen LogP contribution in [0.3, 0.4) is 0 Å². The molecule has 160 valence electrons. The molecule has 0 atom stereocenters. The van der Waals surface area contributed by atoms with Gasteiger partial charge in [-0.2, -0.15) is 33.7 Å². The fourth-order valence-electron chi connectivity index (χ4n) is 0. The van der Waals surface area contributed by atoms with Gasteiger partial charge in [0.15, 0.2) is 0 Å². The summed E-state index contributed by atoms with van der Waals surface area (Å²) in [6.45, 7) is 0. The van der Waals surface area contributed by atoms with E-state index in [4.69, 9.17) is 87.6 Å². The van der Waals surface area contributed by atoms with E-state index in [1.165, 1.54) is 0 Å². The van der Waals surface area contributed by atoms with Gasteiger partial charge >= 0.3 is 101 Å². The maximum Gasteiger partial charge on any atom is 1.00 e. The van der Waals surface area contributed by atoms with E-state index in [1.54, 1.807) is 0 Å². The van der Waals surface area contributed by atoms with Crippen LogP contribution in [0.4, 0.5) is 0 Å². The molecule has 0 aromatic carbocycles. The summed E-state index contributed by atoms with van der Waals surface area (Å²) in [6, 6.07) is 0. The summed E-state index contributed by atoms with van der Waals surface area (Å²) in [7, 11) is -23.8. The molecule has 0 saturated heterocycles. The molecule has 0 amide bonds. The van der Waals surface area contributed by atoms with Crippen LogP contribution in [0.5, 0.6) is 0 Å². The Balaban J connectivity index is -0.0000000364. The van der Waals surface area contributed by atoms with Gasteiger partial charge in [-0.25, -0.2) is 0 Å². The number of rotatable bonds is 0. The molecule has 20 nitrogen and oxygen atoms in total. The van der Waals surface area contributed by atoms with Crippen LogP contribution in [-0.2, 0) is 52.0 Å². The summed E-state index contributed by atoms with van der Waals surface area (Å²) in [6.07, 6.45) is 0. The van der Waals surface area contributed by atoms with Crippen molar-refractivity contribution in [2.75, 3.05) is 0 Å². The molecule has 0 rings (SSSR count). The monoisotopic (exact) mass is 534 g/mol. The average molecular weight is 534 g/mol. The molecular weight excluding hydrogens is 526 g/mol. The molecule has 0 spiro atoms. The van der Waals surface area contributed by atoms with Gasteiger partial charge in [-0.05, 0) is 0 Å². The maximum absolute atomic E-state index is 8.74. The third kappa shape index (κ3) is 9640. The van der Waals surface area contributed by atoms with Crippen molar-refractivity contribution >= 4 is 52.0 Å². The minimum Gasteiger partial charge on any atom is -0.759 e. The molecule has 0 bridgehead atoms. The van der Waals surface area contributed by atoms with E-state index in [2.05, 4.69) is 0 Å². The molecule has 0 saturated carbocycles. The zero-order valence-corrected chi connectivity index (χ0v) is 20.6. The Morgan fingerprint density at radius 1 is 0.370 bits per heavy atom. The van der Waals surface area contributed by atoms with E-state index in [0.29, 0.717) is 0 Å². The van der Waals surface area contributed by atoms with Crippen molar-refractivity contribution in [2.45, 2.75) is 0 Å². The van der Waals surface area contributed by atoms with Crippen LogP contribution in [0.25, 0.3) is 0 Å². The van der Waals surface area contributed by atoms with Gasteiger partial charge in [-0.15, -0.1) is 0 Å². The zero-order chi connectivity index (χ0) is 22.5. The molecule has 0 aromatic heterocycles. The SMILES string of the molecule is O=S(=O)(O)O.O=S(=O)(O)O.O=S(=O)(O)O.O=S(=O)(O)O.O=S(=O)([O-])[O-].[Na+].[Na+]. The van der Waals surface area contributed by atoms with E-state index in [0.717, 1.165) is 0 Å². The van der Waals surface area contributed by atoms with E-state index in [1.807, 2.05) is 0 Å². The number of hydrogen-bond acceptors (Lipinski definition) is 12. The fourth-order valence-corrected chi connectivity index (χ4v) is 0. The molecular formula is H8Na2O20S5. The van der Waals surface area contributed by atoms with Crippen LogP contribution >= 0.6 is 0 Å². The van der Waals surface area contributed by atoms with Crippen molar-refractivity contribution in [3.8, 4) is 0 Å². The minimum atomic E-state index is -5.17. The van der Waals surface area contributed by atoms with Gasteiger partial charge in [0.05, 0.1) is 0 Å². The maximum atomic E-state index is 8.74. The predicted molar refractivity (Wildman–Crippen MR) is 67.2 cm³/mol. The van der Waals surface area contributed by atoms with Crippen molar-refractivity contribution in [2.24, 2.45) is 0 Å². The van der Waals surface area contributed by atoms with Crippen LogP contribution in [0.1, 0.15) is 0 Å². The quantitative estimate of drug-likeness (QED) is 0.0811. The Morgan fingerprint density at radius 3 is 0.370 bits per heavy atom.